The van der Waals surface area contributed by atoms with Crippen LogP contribution >= 0.6 is 11.8 Å². The summed E-state index contributed by atoms with van der Waals surface area (Å²) < 4.78 is 6.41. The Hall–Kier alpha value is -2.64. The number of amides is 1. The highest BCUT2D eigenvalue weighted by atomic mass is 32.2. The van der Waals surface area contributed by atoms with E-state index >= 15 is 0 Å². The molecule has 0 aromatic carbocycles. The first-order valence-corrected chi connectivity index (χ1v) is 8.35. The van der Waals surface area contributed by atoms with Gasteiger partial charge in [0.25, 0.3) is 5.56 Å². The number of methoxy groups -OCH3 is 1. The fourth-order valence-electron chi connectivity index (χ4n) is 2.08. The molecule has 2 N–H and O–H groups in total. The Morgan fingerprint density at radius 1 is 1.60 bits per heavy atom. The first kappa shape index (κ1) is 18.7. The van der Waals surface area contributed by atoms with Crippen LogP contribution in [0.5, 0.6) is 0 Å². The Kier molecular flexibility index (Phi) is 6.32. The highest BCUT2D eigenvalue weighted by Crippen LogP contribution is 2.23. The van der Waals surface area contributed by atoms with E-state index in [0.717, 1.165) is 11.8 Å². The van der Waals surface area contributed by atoms with Crippen LogP contribution in [0.3, 0.4) is 0 Å². The number of H-pyrrole nitrogens is 1. The zero-order valence-electron chi connectivity index (χ0n) is 14.1. The van der Waals surface area contributed by atoms with Crippen LogP contribution in [0.25, 0.3) is 0 Å². The predicted molar refractivity (Wildman–Crippen MR) is 92.1 cm³/mol. The summed E-state index contributed by atoms with van der Waals surface area (Å²) in [4.78, 5) is 31.1. The molecule has 0 saturated carbocycles. The second kappa shape index (κ2) is 8.46. The molecule has 10 heteroatoms. The van der Waals surface area contributed by atoms with Crippen molar-refractivity contribution in [3.8, 4) is 6.07 Å². The quantitative estimate of drug-likeness (QED) is 0.556. The van der Waals surface area contributed by atoms with Gasteiger partial charge in [-0.25, -0.2) is 4.98 Å². The molecule has 0 spiro atoms. The number of carbonyl (C=O) groups is 1. The fourth-order valence-corrected chi connectivity index (χ4v) is 3.01. The second-order valence-electron chi connectivity index (χ2n) is 5.12. The molecule has 0 radical (unpaired) electrons. The molecular formula is C15H18N6O3S. The topological polar surface area (TPSA) is 126 Å². The van der Waals surface area contributed by atoms with E-state index in [-0.39, 0.29) is 23.6 Å². The second-order valence-corrected chi connectivity index (χ2v) is 6.31. The first-order valence-electron chi connectivity index (χ1n) is 7.47. The Morgan fingerprint density at radius 3 is 3.00 bits per heavy atom. The number of nitrogens with zero attached hydrogens (tertiary/aromatic N) is 4. The largest absolute Gasteiger partial charge is 0.378 e. The summed E-state index contributed by atoms with van der Waals surface area (Å²) in [6.07, 6.45) is 1.89. The first-order chi connectivity index (χ1) is 12.0. The smallest absolute Gasteiger partial charge is 0.251 e. The molecule has 9 nitrogen and oxygen atoms in total. The number of aromatic nitrogens is 4. The molecule has 0 aliphatic carbocycles. The lowest BCUT2D eigenvalue weighted by Gasteiger charge is -2.14. The van der Waals surface area contributed by atoms with Gasteiger partial charge in [0.15, 0.2) is 5.16 Å². The molecule has 2 rings (SSSR count). The Bertz CT molecular complexity index is 854. The lowest BCUT2D eigenvalue weighted by molar-refractivity contribution is -0.115. The summed E-state index contributed by atoms with van der Waals surface area (Å²) in [6, 6.07) is 3.33. The van der Waals surface area contributed by atoms with Crippen molar-refractivity contribution in [1.82, 2.24) is 19.7 Å². The van der Waals surface area contributed by atoms with Gasteiger partial charge < -0.3 is 15.0 Å². The highest BCUT2D eigenvalue weighted by molar-refractivity contribution is 8.00. The Balaban J connectivity index is 2.17. The van der Waals surface area contributed by atoms with Crippen LogP contribution in [0, 0.1) is 11.3 Å². The Labute approximate surface area is 148 Å². The normalized spacial score (nSPS) is 11.8. The van der Waals surface area contributed by atoms with Gasteiger partial charge in [-0.05, 0) is 6.42 Å². The molecule has 0 saturated heterocycles. The molecule has 2 heterocycles. The number of thioether (sulfide) groups is 1. The fraction of sp³-hybridized carbons (Fsp3) is 0.400. The van der Waals surface area contributed by atoms with E-state index in [9.17, 15) is 9.59 Å². The van der Waals surface area contributed by atoms with Gasteiger partial charge in [-0.3, -0.25) is 14.3 Å². The average Bonchev–Trinajstić information content (AvgIpc) is 2.92. The molecule has 1 amide bonds. The maximum absolute atomic E-state index is 12.5. The van der Waals surface area contributed by atoms with E-state index < -0.39 is 5.25 Å². The van der Waals surface area contributed by atoms with E-state index in [4.69, 9.17) is 10.00 Å². The van der Waals surface area contributed by atoms with Crippen molar-refractivity contribution in [2.24, 2.45) is 7.05 Å². The molecule has 132 valence electrons. The van der Waals surface area contributed by atoms with Crippen LogP contribution in [0.2, 0.25) is 0 Å². The van der Waals surface area contributed by atoms with Gasteiger partial charge in [0, 0.05) is 20.2 Å². The zero-order chi connectivity index (χ0) is 18.4. The van der Waals surface area contributed by atoms with Crippen LogP contribution in [0.4, 0.5) is 5.82 Å². The number of aromatic amines is 1. The van der Waals surface area contributed by atoms with Gasteiger partial charge in [0.1, 0.15) is 17.5 Å². The third kappa shape index (κ3) is 4.68. The number of ether oxygens (including phenoxy) is 1. The third-order valence-corrected chi connectivity index (χ3v) is 4.53. The SMILES string of the molecule is CCC(Sc1nc(COC)cc(=O)[nH]1)C(=O)Nc1c(C#N)cnn1C. The third-order valence-electron chi connectivity index (χ3n) is 3.28. The van der Waals surface area contributed by atoms with Crippen molar-refractivity contribution in [1.29, 1.82) is 5.26 Å². The summed E-state index contributed by atoms with van der Waals surface area (Å²) in [5.74, 6) is 0.0357. The summed E-state index contributed by atoms with van der Waals surface area (Å²) in [7, 11) is 3.15. The number of rotatable bonds is 7. The molecule has 0 aliphatic rings. The lowest BCUT2D eigenvalue weighted by atomic mass is 10.3. The summed E-state index contributed by atoms with van der Waals surface area (Å²) in [5, 5.41) is 15.6. The standard InChI is InChI=1S/C15H18N6O3S/c1-4-11(14(23)20-13-9(6-16)7-17-21(13)2)25-15-18-10(8-24-3)5-12(22)19-15/h5,7,11H,4,8H2,1-3H3,(H,20,23)(H,18,19,22). The van der Waals surface area contributed by atoms with Crippen molar-refractivity contribution < 1.29 is 9.53 Å². The molecular weight excluding hydrogens is 344 g/mol. The summed E-state index contributed by atoms with van der Waals surface area (Å²) in [5.41, 5.74) is 0.463. The van der Waals surface area contributed by atoms with Crippen LogP contribution in [0.1, 0.15) is 24.6 Å². The molecule has 0 fully saturated rings. The number of nitrogens with one attached hydrogen (secondary N) is 2. The average molecular weight is 362 g/mol. The van der Waals surface area contributed by atoms with Crippen molar-refractivity contribution in [3.63, 3.8) is 0 Å². The minimum absolute atomic E-state index is 0.209. The predicted octanol–water partition coefficient (Wildman–Crippen LogP) is 1.03. The van der Waals surface area contributed by atoms with E-state index in [1.54, 1.807) is 7.05 Å². The zero-order valence-corrected chi connectivity index (χ0v) is 14.9. The maximum atomic E-state index is 12.5. The van der Waals surface area contributed by atoms with E-state index in [0.29, 0.717) is 23.1 Å². The monoisotopic (exact) mass is 362 g/mol. The van der Waals surface area contributed by atoms with E-state index in [1.807, 2.05) is 13.0 Å². The maximum Gasteiger partial charge on any atom is 0.251 e. The summed E-state index contributed by atoms with van der Waals surface area (Å²) in [6.45, 7) is 2.06. The van der Waals surface area contributed by atoms with E-state index in [2.05, 4.69) is 20.4 Å². The molecule has 1 atom stereocenters. The molecule has 2 aromatic heterocycles. The van der Waals surface area contributed by atoms with Crippen LogP contribution in [-0.2, 0) is 23.2 Å². The van der Waals surface area contributed by atoms with Gasteiger partial charge in [-0.2, -0.15) is 10.4 Å². The van der Waals surface area contributed by atoms with Gasteiger partial charge in [0.2, 0.25) is 5.91 Å². The van der Waals surface area contributed by atoms with E-state index in [1.165, 1.54) is 24.1 Å². The van der Waals surface area contributed by atoms with Crippen LogP contribution in [0.15, 0.2) is 22.2 Å². The minimum Gasteiger partial charge on any atom is -0.378 e. The van der Waals surface area contributed by atoms with Crippen molar-refractivity contribution in [2.75, 3.05) is 12.4 Å². The highest BCUT2D eigenvalue weighted by Gasteiger charge is 2.22. The molecule has 0 aliphatic heterocycles. The van der Waals surface area contributed by atoms with Gasteiger partial charge in [0.05, 0.1) is 23.7 Å². The van der Waals surface area contributed by atoms with Gasteiger partial charge >= 0.3 is 0 Å². The van der Waals surface area contributed by atoms with Crippen LogP contribution < -0.4 is 10.9 Å². The number of nitriles is 1. The number of hydrogen-bond acceptors (Lipinski definition) is 7. The molecule has 0 bridgehead atoms. The molecule has 1 unspecified atom stereocenters. The Morgan fingerprint density at radius 2 is 2.36 bits per heavy atom. The molecule has 2 aromatic rings. The number of anilines is 1. The van der Waals surface area contributed by atoms with Crippen molar-refractivity contribution in [2.45, 2.75) is 30.4 Å². The van der Waals surface area contributed by atoms with Crippen molar-refractivity contribution >= 4 is 23.5 Å². The number of hydrogen-bond donors (Lipinski definition) is 2. The number of aryl methyl sites for hydroxylation is 1. The van der Waals surface area contributed by atoms with Crippen molar-refractivity contribution in [3.05, 3.63) is 33.9 Å². The minimum atomic E-state index is -0.498. The van der Waals surface area contributed by atoms with Gasteiger partial charge in [-0.15, -0.1) is 0 Å². The number of carbonyl (C=O) groups excluding carboxylic acids is 1. The van der Waals surface area contributed by atoms with Gasteiger partial charge in [-0.1, -0.05) is 18.7 Å². The van der Waals surface area contributed by atoms with Crippen LogP contribution in [-0.4, -0.2) is 38.0 Å². The summed E-state index contributed by atoms with van der Waals surface area (Å²) >= 11 is 1.15. The molecule has 25 heavy (non-hydrogen) atoms. The lowest BCUT2D eigenvalue weighted by Crippen LogP contribution is -2.27.